The van der Waals surface area contributed by atoms with Gasteiger partial charge in [0.25, 0.3) is 0 Å². The Balaban J connectivity index is 1.69. The van der Waals surface area contributed by atoms with Crippen molar-refractivity contribution >= 4 is 23.0 Å². The first-order valence-corrected chi connectivity index (χ1v) is 12.1. The van der Waals surface area contributed by atoms with E-state index in [-0.39, 0.29) is 31.8 Å². The largest absolute Gasteiger partial charge is 0.489 e. The lowest BCUT2D eigenvalue weighted by molar-refractivity contribution is -0.137. The molecule has 38 heavy (non-hydrogen) atoms. The van der Waals surface area contributed by atoms with Gasteiger partial charge in [-0.3, -0.25) is 9.59 Å². The first kappa shape index (κ1) is 28.0. The number of carbonyl (C=O) groups excluding carboxylic acids is 1. The van der Waals surface area contributed by atoms with Crippen LogP contribution in [0.5, 0.6) is 11.5 Å². The van der Waals surface area contributed by atoms with Crippen molar-refractivity contribution in [1.82, 2.24) is 0 Å². The number of carboxylic acids is 1. The van der Waals surface area contributed by atoms with Gasteiger partial charge in [0.2, 0.25) is 0 Å². The molecule has 0 fully saturated rings. The topological polar surface area (TPSA) is 120 Å². The van der Waals surface area contributed by atoms with Crippen LogP contribution in [0.15, 0.2) is 83.6 Å². The molecule has 0 bridgehead atoms. The smallest absolute Gasteiger partial charge is 0.303 e. The summed E-state index contributed by atoms with van der Waals surface area (Å²) in [6, 6.07) is 22.5. The SMILES string of the molecule is CO/N=C(\COc1ccc(COc2ccc(CCC(=O)O)c(C(C(C)=O)=C(C)N)c2)cc1)c1ccccc1. The molecule has 0 unspecified atom stereocenters. The Hall–Kier alpha value is -4.59. The van der Waals surface area contributed by atoms with Gasteiger partial charge in [0.15, 0.2) is 5.78 Å². The molecular formula is C30H32N2O6. The molecule has 0 aliphatic heterocycles. The highest BCUT2D eigenvalue weighted by Crippen LogP contribution is 2.28. The predicted molar refractivity (Wildman–Crippen MR) is 146 cm³/mol. The van der Waals surface area contributed by atoms with E-state index in [0.717, 1.165) is 16.7 Å². The zero-order valence-corrected chi connectivity index (χ0v) is 21.8. The Morgan fingerprint density at radius 1 is 0.921 bits per heavy atom. The number of ketones is 1. The zero-order chi connectivity index (χ0) is 27.5. The van der Waals surface area contributed by atoms with E-state index in [9.17, 15) is 9.59 Å². The summed E-state index contributed by atoms with van der Waals surface area (Å²) in [6.07, 6.45) is 0.220. The van der Waals surface area contributed by atoms with Gasteiger partial charge in [-0.05, 0) is 61.2 Å². The lowest BCUT2D eigenvalue weighted by Gasteiger charge is -2.15. The van der Waals surface area contributed by atoms with E-state index in [4.69, 9.17) is 25.2 Å². The summed E-state index contributed by atoms with van der Waals surface area (Å²) in [4.78, 5) is 28.3. The molecule has 3 N–H and O–H groups in total. The first-order valence-electron chi connectivity index (χ1n) is 12.1. The highest BCUT2D eigenvalue weighted by Gasteiger charge is 2.16. The third-order valence-electron chi connectivity index (χ3n) is 5.72. The number of carbonyl (C=O) groups is 2. The van der Waals surface area contributed by atoms with Crippen molar-refractivity contribution in [2.24, 2.45) is 10.9 Å². The molecule has 0 radical (unpaired) electrons. The molecule has 0 aliphatic carbocycles. The highest BCUT2D eigenvalue weighted by atomic mass is 16.6. The van der Waals surface area contributed by atoms with Gasteiger partial charge in [0.05, 0.1) is 0 Å². The molecule has 8 heteroatoms. The molecule has 0 aromatic heterocycles. The monoisotopic (exact) mass is 516 g/mol. The van der Waals surface area contributed by atoms with Crippen LogP contribution >= 0.6 is 0 Å². The molecule has 0 saturated heterocycles. The third kappa shape index (κ3) is 7.96. The van der Waals surface area contributed by atoms with Gasteiger partial charge in [-0.2, -0.15) is 0 Å². The number of hydrogen-bond acceptors (Lipinski definition) is 7. The average molecular weight is 517 g/mol. The summed E-state index contributed by atoms with van der Waals surface area (Å²) in [5, 5.41) is 13.2. The minimum atomic E-state index is -0.913. The van der Waals surface area contributed by atoms with Gasteiger partial charge in [-0.1, -0.05) is 53.7 Å². The number of benzene rings is 3. The van der Waals surface area contributed by atoms with Crippen LogP contribution in [-0.2, 0) is 27.5 Å². The van der Waals surface area contributed by atoms with Gasteiger partial charge >= 0.3 is 5.97 Å². The number of ether oxygens (including phenoxy) is 2. The summed E-state index contributed by atoms with van der Waals surface area (Å²) in [6.45, 7) is 3.62. The number of nitrogens with zero attached hydrogens (tertiary/aromatic N) is 1. The van der Waals surface area contributed by atoms with Crippen LogP contribution in [0.1, 0.15) is 42.5 Å². The maximum atomic E-state index is 12.3. The van der Waals surface area contributed by atoms with Gasteiger partial charge < -0.3 is 25.2 Å². The standard InChI is InChI=1S/C30H32N2O6/c1-20(31)30(21(2)33)27-17-26(15-11-23(27)12-16-29(34)35)37-18-22-9-13-25(14-10-22)38-19-28(32-36-3)24-7-5-4-6-8-24/h4-11,13-15,17H,12,16,18-19,31H2,1-3H3,(H,34,35)/b30-20?,32-28+. The molecule has 0 atom stereocenters. The summed E-state index contributed by atoms with van der Waals surface area (Å²) >= 11 is 0. The van der Waals surface area contributed by atoms with Gasteiger partial charge in [0, 0.05) is 23.3 Å². The number of hydrogen-bond donors (Lipinski definition) is 2. The van der Waals surface area contributed by atoms with E-state index in [2.05, 4.69) is 5.16 Å². The highest BCUT2D eigenvalue weighted by molar-refractivity contribution is 6.20. The summed E-state index contributed by atoms with van der Waals surface area (Å²) < 4.78 is 11.9. The lowest BCUT2D eigenvalue weighted by Crippen LogP contribution is -2.13. The Kier molecular flexibility index (Phi) is 10.0. The fourth-order valence-corrected chi connectivity index (χ4v) is 3.92. The van der Waals surface area contributed by atoms with Crippen LogP contribution in [0.2, 0.25) is 0 Å². The van der Waals surface area contributed by atoms with E-state index in [1.165, 1.54) is 14.0 Å². The Morgan fingerprint density at radius 2 is 1.61 bits per heavy atom. The van der Waals surface area contributed by atoms with Crippen LogP contribution in [0.4, 0.5) is 0 Å². The zero-order valence-electron chi connectivity index (χ0n) is 21.8. The lowest BCUT2D eigenvalue weighted by atomic mass is 9.93. The number of allylic oxidation sites excluding steroid dienone is 2. The number of aliphatic carboxylic acids is 1. The van der Waals surface area contributed by atoms with E-state index in [1.807, 2.05) is 54.6 Å². The van der Waals surface area contributed by atoms with E-state index in [0.29, 0.717) is 34.0 Å². The van der Waals surface area contributed by atoms with Gasteiger partial charge in [0.1, 0.15) is 37.5 Å². The van der Waals surface area contributed by atoms with Crippen molar-refractivity contribution < 1.29 is 29.0 Å². The average Bonchev–Trinajstić information content (AvgIpc) is 2.90. The Morgan fingerprint density at radius 3 is 2.21 bits per heavy atom. The molecule has 3 aromatic rings. The number of oxime groups is 1. The number of nitrogens with two attached hydrogens (primary N) is 1. The molecule has 8 nitrogen and oxygen atoms in total. The number of carboxylic acid groups (broad SMARTS) is 1. The second kappa shape index (κ2) is 13.6. The maximum Gasteiger partial charge on any atom is 0.303 e. The molecule has 0 spiro atoms. The van der Waals surface area contributed by atoms with Crippen molar-refractivity contribution in [1.29, 1.82) is 0 Å². The molecule has 0 heterocycles. The van der Waals surface area contributed by atoms with Crippen molar-refractivity contribution in [3.63, 3.8) is 0 Å². The first-order chi connectivity index (χ1) is 18.3. The van der Waals surface area contributed by atoms with Crippen LogP contribution in [-0.4, -0.2) is 36.3 Å². The molecule has 3 aromatic carbocycles. The van der Waals surface area contributed by atoms with E-state index >= 15 is 0 Å². The van der Waals surface area contributed by atoms with Crippen LogP contribution < -0.4 is 15.2 Å². The number of Topliss-reactive ketones (excluding diaryl/α,β-unsaturated/α-hetero) is 1. The van der Waals surface area contributed by atoms with Crippen LogP contribution in [0.3, 0.4) is 0 Å². The van der Waals surface area contributed by atoms with Crippen molar-refractivity contribution in [2.45, 2.75) is 33.3 Å². The fourth-order valence-electron chi connectivity index (χ4n) is 3.92. The van der Waals surface area contributed by atoms with Gasteiger partial charge in [-0.15, -0.1) is 0 Å². The molecule has 0 aliphatic rings. The Labute approximate surface area is 222 Å². The molecule has 3 rings (SSSR count). The normalized spacial score (nSPS) is 11.9. The minimum absolute atomic E-state index is 0.0550. The molecule has 198 valence electrons. The maximum absolute atomic E-state index is 12.3. The molecule has 0 amide bonds. The van der Waals surface area contributed by atoms with E-state index in [1.54, 1.807) is 25.1 Å². The molecular weight excluding hydrogens is 484 g/mol. The van der Waals surface area contributed by atoms with Crippen molar-refractivity contribution in [3.05, 3.63) is 101 Å². The second-order valence-corrected chi connectivity index (χ2v) is 8.63. The van der Waals surface area contributed by atoms with E-state index < -0.39 is 5.97 Å². The predicted octanol–water partition coefficient (Wildman–Crippen LogP) is 4.99. The minimum Gasteiger partial charge on any atom is -0.489 e. The second-order valence-electron chi connectivity index (χ2n) is 8.63. The Bertz CT molecular complexity index is 1310. The number of rotatable bonds is 13. The van der Waals surface area contributed by atoms with Crippen molar-refractivity contribution in [2.75, 3.05) is 13.7 Å². The summed E-state index contributed by atoms with van der Waals surface area (Å²) in [7, 11) is 1.50. The summed E-state index contributed by atoms with van der Waals surface area (Å²) in [5.74, 6) is 0.111. The fraction of sp³-hybridized carbons (Fsp3) is 0.233. The van der Waals surface area contributed by atoms with Crippen LogP contribution in [0.25, 0.3) is 5.57 Å². The van der Waals surface area contributed by atoms with Gasteiger partial charge in [-0.25, -0.2) is 0 Å². The molecule has 0 saturated carbocycles. The summed E-state index contributed by atoms with van der Waals surface area (Å²) in [5.41, 5.74) is 10.5. The number of aryl methyl sites for hydroxylation is 1. The quantitative estimate of drug-likeness (QED) is 0.186. The van der Waals surface area contributed by atoms with Crippen LogP contribution in [0, 0.1) is 0 Å². The third-order valence-corrected chi connectivity index (χ3v) is 5.72. The van der Waals surface area contributed by atoms with Crippen molar-refractivity contribution in [3.8, 4) is 11.5 Å².